The van der Waals surface area contributed by atoms with Gasteiger partial charge in [0, 0.05) is 0 Å². The lowest BCUT2D eigenvalue weighted by Crippen LogP contribution is -2.28. The highest BCUT2D eigenvalue weighted by molar-refractivity contribution is 7.87. The lowest BCUT2D eigenvalue weighted by molar-refractivity contribution is -0.282. The fourth-order valence-electron chi connectivity index (χ4n) is 0.942. The van der Waals surface area contributed by atoms with Gasteiger partial charge in [0.15, 0.2) is 0 Å². The summed E-state index contributed by atoms with van der Waals surface area (Å²) in [5.74, 6) is -0.437. The van der Waals surface area contributed by atoms with Crippen LogP contribution in [0.5, 0.6) is 5.75 Å². The number of alkyl halides is 3. The third-order valence-electron chi connectivity index (χ3n) is 1.76. The van der Waals surface area contributed by atoms with Crippen LogP contribution in [0.25, 0.3) is 0 Å². The van der Waals surface area contributed by atoms with Crippen molar-refractivity contribution in [3.63, 3.8) is 0 Å². The summed E-state index contributed by atoms with van der Waals surface area (Å²) in [7, 11) is -4.34. The minimum atomic E-state index is -5.64. The van der Waals surface area contributed by atoms with Crippen molar-refractivity contribution in [2.45, 2.75) is 12.1 Å². The Bertz CT molecular complexity index is 480. The standard InChI is InChI=1S/C9H9F3O5S/c1-15-16-6-7-2-4-8(5-3-7)17-18(13,14)9(10,11)12/h2-5H,6H2,1H3. The summed E-state index contributed by atoms with van der Waals surface area (Å²) in [6.45, 7) is 0.0722. The molecule has 0 saturated carbocycles. The molecule has 0 unspecified atom stereocenters. The Balaban J connectivity index is 2.76. The minimum Gasteiger partial charge on any atom is -0.376 e. The summed E-state index contributed by atoms with van der Waals surface area (Å²) < 4.78 is 61.3. The second kappa shape index (κ2) is 5.55. The van der Waals surface area contributed by atoms with Gasteiger partial charge in [-0.05, 0) is 17.7 Å². The van der Waals surface area contributed by atoms with Gasteiger partial charge in [0.1, 0.15) is 12.4 Å². The molecule has 0 radical (unpaired) electrons. The summed E-state index contributed by atoms with van der Waals surface area (Å²) in [6, 6.07) is 4.86. The molecule has 1 aromatic rings. The monoisotopic (exact) mass is 286 g/mol. The molecule has 0 fully saturated rings. The van der Waals surface area contributed by atoms with Crippen LogP contribution >= 0.6 is 0 Å². The highest BCUT2D eigenvalue weighted by Crippen LogP contribution is 2.26. The van der Waals surface area contributed by atoms with Crippen LogP contribution in [0.2, 0.25) is 0 Å². The normalized spacial score (nSPS) is 12.4. The molecule has 0 aliphatic carbocycles. The lowest BCUT2D eigenvalue weighted by atomic mass is 10.2. The predicted molar refractivity (Wildman–Crippen MR) is 53.8 cm³/mol. The van der Waals surface area contributed by atoms with Crippen LogP contribution in [0.1, 0.15) is 5.56 Å². The van der Waals surface area contributed by atoms with E-state index in [0.29, 0.717) is 5.56 Å². The van der Waals surface area contributed by atoms with Crippen molar-refractivity contribution in [1.82, 2.24) is 0 Å². The first-order valence-electron chi connectivity index (χ1n) is 4.51. The molecule has 0 N–H and O–H groups in total. The van der Waals surface area contributed by atoms with E-state index in [4.69, 9.17) is 0 Å². The van der Waals surface area contributed by atoms with Crippen molar-refractivity contribution in [2.75, 3.05) is 7.11 Å². The number of halogens is 3. The van der Waals surface area contributed by atoms with E-state index in [1.165, 1.54) is 19.2 Å². The molecule has 0 saturated heterocycles. The first-order valence-corrected chi connectivity index (χ1v) is 5.92. The quantitative estimate of drug-likeness (QED) is 0.358. The maximum absolute atomic E-state index is 12.0. The lowest BCUT2D eigenvalue weighted by Gasteiger charge is -2.09. The van der Waals surface area contributed by atoms with Crippen molar-refractivity contribution >= 4 is 10.1 Å². The first-order chi connectivity index (χ1) is 8.26. The number of benzene rings is 1. The second-order valence-corrected chi connectivity index (χ2v) is 4.59. The van der Waals surface area contributed by atoms with Gasteiger partial charge < -0.3 is 4.18 Å². The molecule has 1 rings (SSSR count). The molecule has 0 aliphatic rings. The summed E-state index contributed by atoms with van der Waals surface area (Å²) in [4.78, 5) is 8.90. The van der Waals surface area contributed by atoms with Gasteiger partial charge in [0.05, 0.1) is 7.11 Å². The Morgan fingerprint density at radius 1 is 1.17 bits per heavy atom. The van der Waals surface area contributed by atoms with Crippen LogP contribution in [-0.2, 0) is 26.5 Å². The van der Waals surface area contributed by atoms with E-state index >= 15 is 0 Å². The van der Waals surface area contributed by atoms with Crippen molar-refractivity contribution in [3.05, 3.63) is 29.8 Å². The van der Waals surface area contributed by atoms with Gasteiger partial charge in [-0.15, -0.1) is 0 Å². The van der Waals surface area contributed by atoms with Crippen LogP contribution in [0.4, 0.5) is 13.2 Å². The van der Waals surface area contributed by atoms with Gasteiger partial charge in [0.2, 0.25) is 0 Å². The summed E-state index contributed by atoms with van der Waals surface area (Å²) in [5, 5.41) is 0. The maximum atomic E-state index is 12.0. The molecule has 5 nitrogen and oxygen atoms in total. The number of rotatable bonds is 5. The fourth-order valence-corrected chi connectivity index (χ4v) is 1.40. The second-order valence-electron chi connectivity index (χ2n) is 3.06. The van der Waals surface area contributed by atoms with Gasteiger partial charge in [0.25, 0.3) is 0 Å². The fraction of sp³-hybridized carbons (Fsp3) is 0.333. The predicted octanol–water partition coefficient (Wildman–Crippen LogP) is 1.99. The zero-order valence-corrected chi connectivity index (χ0v) is 9.92. The molecule has 1 aromatic carbocycles. The largest absolute Gasteiger partial charge is 0.534 e. The van der Waals surface area contributed by atoms with Gasteiger partial charge >= 0.3 is 15.6 Å². The topological polar surface area (TPSA) is 61.8 Å². The Morgan fingerprint density at radius 2 is 1.72 bits per heavy atom. The number of hydrogen-bond donors (Lipinski definition) is 0. The van der Waals surface area contributed by atoms with Crippen molar-refractivity contribution in [3.8, 4) is 5.75 Å². The average molecular weight is 286 g/mol. The zero-order valence-electron chi connectivity index (χ0n) is 9.10. The van der Waals surface area contributed by atoms with E-state index < -0.39 is 21.4 Å². The van der Waals surface area contributed by atoms with Crippen molar-refractivity contribution in [2.24, 2.45) is 0 Å². The third-order valence-corrected chi connectivity index (χ3v) is 2.74. The Labute approximate surface area is 101 Å². The zero-order chi connectivity index (χ0) is 13.8. The SMILES string of the molecule is COOCc1ccc(OS(=O)(=O)C(F)(F)F)cc1. The molecule has 0 amide bonds. The van der Waals surface area contributed by atoms with E-state index in [-0.39, 0.29) is 6.61 Å². The summed E-state index contributed by atoms with van der Waals surface area (Å²) >= 11 is 0. The minimum absolute atomic E-state index is 0.0722. The van der Waals surface area contributed by atoms with Crippen LogP contribution in [0.3, 0.4) is 0 Å². The van der Waals surface area contributed by atoms with Crippen molar-refractivity contribution in [1.29, 1.82) is 0 Å². The average Bonchev–Trinajstić information content (AvgIpc) is 2.26. The molecule has 0 atom stereocenters. The highest BCUT2D eigenvalue weighted by Gasteiger charge is 2.48. The Morgan fingerprint density at radius 3 is 2.17 bits per heavy atom. The maximum Gasteiger partial charge on any atom is 0.534 e. The third kappa shape index (κ3) is 3.86. The summed E-state index contributed by atoms with van der Waals surface area (Å²) in [6.07, 6.45) is 0. The van der Waals surface area contributed by atoms with Gasteiger partial charge in [-0.25, -0.2) is 9.78 Å². The first kappa shape index (κ1) is 14.7. The molecule has 0 spiro atoms. The van der Waals surface area contributed by atoms with E-state index in [0.717, 1.165) is 12.1 Å². The molecule has 18 heavy (non-hydrogen) atoms. The Kier molecular flexibility index (Phi) is 4.54. The van der Waals surface area contributed by atoms with E-state index in [1.807, 2.05) is 0 Å². The highest BCUT2D eigenvalue weighted by atomic mass is 32.2. The van der Waals surface area contributed by atoms with Gasteiger partial charge in [-0.3, -0.25) is 0 Å². The van der Waals surface area contributed by atoms with Gasteiger partial charge in [-0.2, -0.15) is 21.6 Å². The molecule has 0 bridgehead atoms. The summed E-state index contributed by atoms with van der Waals surface area (Å²) in [5.41, 5.74) is -4.88. The van der Waals surface area contributed by atoms with Crippen LogP contribution in [0.15, 0.2) is 24.3 Å². The van der Waals surface area contributed by atoms with Crippen LogP contribution in [0, 0.1) is 0 Å². The molecular weight excluding hydrogens is 277 g/mol. The smallest absolute Gasteiger partial charge is 0.376 e. The Hall–Kier alpha value is -1.32. The molecule has 0 heterocycles. The van der Waals surface area contributed by atoms with E-state index in [9.17, 15) is 21.6 Å². The van der Waals surface area contributed by atoms with E-state index in [1.54, 1.807) is 0 Å². The van der Waals surface area contributed by atoms with Crippen LogP contribution in [-0.4, -0.2) is 21.0 Å². The molecular formula is C9H9F3O5S. The van der Waals surface area contributed by atoms with E-state index in [2.05, 4.69) is 14.0 Å². The molecule has 102 valence electrons. The number of hydrogen-bond acceptors (Lipinski definition) is 5. The van der Waals surface area contributed by atoms with Crippen molar-refractivity contribution < 1.29 is 35.5 Å². The molecule has 0 aromatic heterocycles. The van der Waals surface area contributed by atoms with Crippen LogP contribution < -0.4 is 4.18 Å². The molecule has 0 aliphatic heterocycles. The van der Waals surface area contributed by atoms with Gasteiger partial charge in [-0.1, -0.05) is 12.1 Å². The molecule has 9 heteroatoms.